The molecule has 1 atom stereocenters. The summed E-state index contributed by atoms with van der Waals surface area (Å²) in [4.78, 5) is 13.3. The van der Waals surface area contributed by atoms with Gasteiger partial charge in [-0.15, -0.1) is 11.8 Å². The van der Waals surface area contributed by atoms with Crippen molar-refractivity contribution < 1.29 is 13.6 Å². The van der Waals surface area contributed by atoms with E-state index in [4.69, 9.17) is 11.6 Å². The van der Waals surface area contributed by atoms with E-state index < -0.39 is 17.0 Å². The lowest BCUT2D eigenvalue weighted by Gasteiger charge is -2.25. The number of anilines is 1. The van der Waals surface area contributed by atoms with Crippen molar-refractivity contribution in [1.82, 2.24) is 0 Å². The molecule has 1 amide bonds. The number of carbonyl (C=O) groups excluding carboxylic acids is 1. The molecule has 3 rings (SSSR count). The Balaban J connectivity index is 2.06. The Morgan fingerprint density at radius 1 is 1.10 bits per heavy atom. The predicted octanol–water partition coefficient (Wildman–Crippen LogP) is 4.40. The fourth-order valence-corrected chi connectivity index (χ4v) is 3.55. The van der Waals surface area contributed by atoms with E-state index in [-0.39, 0.29) is 17.3 Å². The molecule has 1 heterocycles. The Bertz CT molecular complexity index is 672. The molecule has 0 saturated carbocycles. The highest BCUT2D eigenvalue weighted by Gasteiger charge is 2.37. The molecule has 0 spiro atoms. The van der Waals surface area contributed by atoms with Crippen LogP contribution in [-0.2, 0) is 4.79 Å². The number of benzene rings is 2. The third-order valence-corrected chi connectivity index (χ3v) is 4.67. The van der Waals surface area contributed by atoms with Gasteiger partial charge in [0.05, 0.1) is 5.75 Å². The summed E-state index contributed by atoms with van der Waals surface area (Å²) in [5, 5.41) is 0.109. The van der Waals surface area contributed by atoms with Gasteiger partial charge in [-0.2, -0.15) is 0 Å². The molecule has 1 fully saturated rings. The monoisotopic (exact) mass is 325 g/mol. The first kappa shape index (κ1) is 14.4. The van der Waals surface area contributed by atoms with Crippen molar-refractivity contribution in [3.8, 4) is 0 Å². The van der Waals surface area contributed by atoms with Gasteiger partial charge in [0.15, 0.2) is 0 Å². The summed E-state index contributed by atoms with van der Waals surface area (Å²) < 4.78 is 27.9. The van der Waals surface area contributed by atoms with Gasteiger partial charge in [0.25, 0.3) is 0 Å². The summed E-state index contributed by atoms with van der Waals surface area (Å²) in [7, 11) is 0. The van der Waals surface area contributed by atoms with E-state index in [1.807, 2.05) is 0 Å². The summed E-state index contributed by atoms with van der Waals surface area (Å²) in [6.45, 7) is 0. The average Bonchev–Trinajstić information content (AvgIpc) is 2.82. The van der Waals surface area contributed by atoms with Gasteiger partial charge in [-0.1, -0.05) is 29.8 Å². The van der Waals surface area contributed by atoms with Gasteiger partial charge in [0, 0.05) is 5.02 Å². The highest BCUT2D eigenvalue weighted by atomic mass is 35.5. The molecule has 6 heteroatoms. The second kappa shape index (κ2) is 5.66. The molecular weight excluding hydrogens is 316 g/mol. The minimum absolute atomic E-state index is 0.182. The maximum absolute atomic E-state index is 14.0. The summed E-state index contributed by atoms with van der Waals surface area (Å²) in [6, 6.07) is 10.5. The van der Waals surface area contributed by atoms with Gasteiger partial charge in [0.2, 0.25) is 5.91 Å². The number of nitrogens with zero attached hydrogens (tertiary/aromatic N) is 1. The van der Waals surface area contributed by atoms with E-state index in [1.165, 1.54) is 22.7 Å². The zero-order valence-electron chi connectivity index (χ0n) is 10.7. The molecule has 0 radical (unpaired) electrons. The minimum Gasteiger partial charge on any atom is -0.290 e. The molecule has 1 aliphatic heterocycles. The van der Waals surface area contributed by atoms with Crippen LogP contribution in [-0.4, -0.2) is 11.7 Å². The van der Waals surface area contributed by atoms with Crippen LogP contribution in [0.4, 0.5) is 14.5 Å². The van der Waals surface area contributed by atoms with Crippen LogP contribution in [0.25, 0.3) is 0 Å². The smallest absolute Gasteiger partial charge is 0.238 e. The van der Waals surface area contributed by atoms with Crippen LogP contribution in [0.15, 0.2) is 42.5 Å². The Labute approximate surface area is 129 Å². The maximum atomic E-state index is 14.0. The lowest BCUT2D eigenvalue weighted by molar-refractivity contribution is -0.115. The Morgan fingerprint density at radius 3 is 2.33 bits per heavy atom. The van der Waals surface area contributed by atoms with Crippen LogP contribution in [0.2, 0.25) is 5.02 Å². The quantitative estimate of drug-likeness (QED) is 0.816. The Kier molecular flexibility index (Phi) is 3.87. The molecule has 1 aliphatic rings. The molecule has 108 valence electrons. The van der Waals surface area contributed by atoms with E-state index in [0.29, 0.717) is 5.02 Å². The first-order chi connectivity index (χ1) is 10.1. The maximum Gasteiger partial charge on any atom is 0.238 e. The molecular formula is C15H10ClF2NOS. The topological polar surface area (TPSA) is 20.3 Å². The standard InChI is InChI=1S/C15H10ClF2NOS/c16-10-6-4-9(5-7-10)15-19(13(20)8-21-15)14-11(17)2-1-3-12(14)18/h1-7,15H,8H2/t15-/m0/s1. The van der Waals surface area contributed by atoms with Gasteiger partial charge >= 0.3 is 0 Å². The third kappa shape index (κ3) is 2.63. The van der Waals surface area contributed by atoms with Gasteiger partial charge in [-0.05, 0) is 29.8 Å². The molecule has 0 aromatic heterocycles. The normalized spacial score (nSPS) is 18.3. The number of para-hydroxylation sites is 1. The van der Waals surface area contributed by atoms with Crippen molar-refractivity contribution in [3.05, 3.63) is 64.7 Å². The average molecular weight is 326 g/mol. The first-order valence-electron chi connectivity index (χ1n) is 6.21. The van der Waals surface area contributed by atoms with Gasteiger partial charge < -0.3 is 0 Å². The van der Waals surface area contributed by atoms with Gasteiger partial charge in [-0.3, -0.25) is 9.69 Å². The summed E-state index contributed by atoms with van der Waals surface area (Å²) in [5.41, 5.74) is 0.477. The number of hydrogen-bond acceptors (Lipinski definition) is 2. The lowest BCUT2D eigenvalue weighted by atomic mass is 10.2. The lowest BCUT2D eigenvalue weighted by Crippen LogP contribution is -2.29. The van der Waals surface area contributed by atoms with Crippen LogP contribution < -0.4 is 4.90 Å². The molecule has 1 saturated heterocycles. The molecule has 2 aromatic rings. The summed E-state index contributed by atoms with van der Waals surface area (Å²) in [5.74, 6) is -1.63. The fourth-order valence-electron chi connectivity index (χ4n) is 2.26. The van der Waals surface area contributed by atoms with Gasteiger partial charge in [0.1, 0.15) is 22.7 Å². The summed E-state index contributed by atoms with van der Waals surface area (Å²) in [6.07, 6.45) is 0. The minimum atomic E-state index is -0.746. The van der Waals surface area contributed by atoms with E-state index in [0.717, 1.165) is 17.7 Å². The van der Waals surface area contributed by atoms with E-state index in [1.54, 1.807) is 24.3 Å². The zero-order valence-corrected chi connectivity index (χ0v) is 12.3. The van der Waals surface area contributed by atoms with Crippen molar-refractivity contribution in [2.45, 2.75) is 5.37 Å². The van der Waals surface area contributed by atoms with Crippen molar-refractivity contribution in [3.63, 3.8) is 0 Å². The molecule has 2 nitrogen and oxygen atoms in total. The van der Waals surface area contributed by atoms with Crippen molar-refractivity contribution in [1.29, 1.82) is 0 Å². The van der Waals surface area contributed by atoms with E-state index in [9.17, 15) is 13.6 Å². The van der Waals surface area contributed by atoms with Crippen molar-refractivity contribution in [2.24, 2.45) is 0 Å². The largest absolute Gasteiger partial charge is 0.290 e. The highest BCUT2D eigenvalue weighted by Crippen LogP contribution is 2.43. The summed E-state index contributed by atoms with van der Waals surface area (Å²) >= 11 is 7.17. The number of thioether (sulfide) groups is 1. The van der Waals surface area contributed by atoms with Crippen molar-refractivity contribution in [2.75, 3.05) is 10.7 Å². The Hall–Kier alpha value is -1.59. The zero-order chi connectivity index (χ0) is 15.0. The van der Waals surface area contributed by atoms with E-state index >= 15 is 0 Å². The Morgan fingerprint density at radius 2 is 1.71 bits per heavy atom. The van der Waals surface area contributed by atoms with Crippen molar-refractivity contribution >= 4 is 35.0 Å². The molecule has 0 aliphatic carbocycles. The van der Waals surface area contributed by atoms with E-state index in [2.05, 4.69) is 0 Å². The molecule has 0 N–H and O–H groups in total. The van der Waals surface area contributed by atoms with Gasteiger partial charge in [-0.25, -0.2) is 8.78 Å². The molecule has 0 unspecified atom stereocenters. The molecule has 2 aromatic carbocycles. The van der Waals surface area contributed by atoms with Crippen LogP contribution >= 0.6 is 23.4 Å². The number of hydrogen-bond donors (Lipinski definition) is 0. The van der Waals surface area contributed by atoms with Crippen LogP contribution in [0.3, 0.4) is 0 Å². The van der Waals surface area contributed by atoms with Crippen LogP contribution in [0, 0.1) is 11.6 Å². The SMILES string of the molecule is O=C1CS[C@@H](c2ccc(Cl)cc2)N1c1c(F)cccc1F. The first-order valence-corrected chi connectivity index (χ1v) is 7.64. The predicted molar refractivity (Wildman–Crippen MR) is 80.5 cm³/mol. The van der Waals surface area contributed by atoms with Crippen LogP contribution in [0.5, 0.6) is 0 Å². The number of carbonyl (C=O) groups is 1. The number of halogens is 3. The number of amides is 1. The second-order valence-corrected chi connectivity index (χ2v) is 6.05. The second-order valence-electron chi connectivity index (χ2n) is 4.55. The number of rotatable bonds is 2. The molecule has 21 heavy (non-hydrogen) atoms. The fraction of sp³-hybridized carbons (Fsp3) is 0.133. The third-order valence-electron chi connectivity index (χ3n) is 3.20. The molecule has 0 bridgehead atoms. The van der Waals surface area contributed by atoms with Crippen LogP contribution in [0.1, 0.15) is 10.9 Å². The highest BCUT2D eigenvalue weighted by molar-refractivity contribution is 8.00.